The Bertz CT molecular complexity index is 435. The molecule has 3 rings (SSSR count). The van der Waals surface area contributed by atoms with Crippen LogP contribution in [0.3, 0.4) is 0 Å². The van der Waals surface area contributed by atoms with Crippen molar-refractivity contribution in [3.63, 3.8) is 0 Å². The molecule has 1 aromatic rings. The summed E-state index contributed by atoms with van der Waals surface area (Å²) in [6.45, 7) is 4.69. The Morgan fingerprint density at radius 3 is 3.00 bits per heavy atom. The summed E-state index contributed by atoms with van der Waals surface area (Å²) in [5, 5.41) is 0. The third kappa shape index (κ3) is 2.01. The first kappa shape index (κ1) is 11.7. The summed E-state index contributed by atoms with van der Waals surface area (Å²) in [6, 6.07) is 6.83. The van der Waals surface area contributed by atoms with E-state index in [0.29, 0.717) is 5.69 Å². The molecule has 0 aliphatic carbocycles. The SMILES string of the molecule is COc1cc(N2CCN3CCCC3C2)ccc1N. The van der Waals surface area contributed by atoms with E-state index in [1.165, 1.54) is 31.6 Å². The summed E-state index contributed by atoms with van der Waals surface area (Å²) in [5.74, 6) is 0.779. The van der Waals surface area contributed by atoms with E-state index in [1.54, 1.807) is 7.11 Å². The lowest BCUT2D eigenvalue weighted by Gasteiger charge is -2.39. The number of nitrogen functional groups attached to an aromatic ring is 1. The zero-order valence-electron chi connectivity index (χ0n) is 10.9. The Hall–Kier alpha value is -1.42. The number of ether oxygens (including phenoxy) is 1. The van der Waals surface area contributed by atoms with E-state index in [9.17, 15) is 0 Å². The van der Waals surface area contributed by atoms with E-state index in [4.69, 9.17) is 10.5 Å². The Labute approximate surface area is 108 Å². The smallest absolute Gasteiger partial charge is 0.143 e. The van der Waals surface area contributed by atoms with Crippen LogP contribution in [0.15, 0.2) is 18.2 Å². The molecule has 18 heavy (non-hydrogen) atoms. The monoisotopic (exact) mass is 247 g/mol. The zero-order valence-corrected chi connectivity index (χ0v) is 10.9. The topological polar surface area (TPSA) is 41.7 Å². The highest BCUT2D eigenvalue weighted by Crippen LogP contribution is 2.30. The molecular formula is C14H21N3O. The van der Waals surface area contributed by atoms with Crippen LogP contribution in [-0.2, 0) is 0 Å². The lowest BCUT2D eigenvalue weighted by Crippen LogP contribution is -2.50. The molecular weight excluding hydrogens is 226 g/mol. The van der Waals surface area contributed by atoms with Gasteiger partial charge in [0.2, 0.25) is 0 Å². The molecule has 2 saturated heterocycles. The Morgan fingerprint density at radius 1 is 1.28 bits per heavy atom. The van der Waals surface area contributed by atoms with Crippen molar-refractivity contribution in [2.75, 3.05) is 43.9 Å². The molecule has 1 unspecified atom stereocenters. The van der Waals surface area contributed by atoms with E-state index in [1.807, 2.05) is 6.07 Å². The van der Waals surface area contributed by atoms with E-state index in [0.717, 1.165) is 24.9 Å². The van der Waals surface area contributed by atoms with Gasteiger partial charge in [-0.25, -0.2) is 0 Å². The maximum atomic E-state index is 5.86. The van der Waals surface area contributed by atoms with Gasteiger partial charge in [0.05, 0.1) is 12.8 Å². The normalized spacial score (nSPS) is 24.1. The maximum absolute atomic E-state index is 5.86. The lowest BCUT2D eigenvalue weighted by molar-refractivity contribution is 0.231. The lowest BCUT2D eigenvalue weighted by atomic mass is 10.1. The third-order valence-electron chi connectivity index (χ3n) is 4.17. The van der Waals surface area contributed by atoms with Crippen molar-refractivity contribution in [1.82, 2.24) is 4.90 Å². The first-order valence-corrected chi connectivity index (χ1v) is 6.70. The van der Waals surface area contributed by atoms with Gasteiger partial charge < -0.3 is 15.4 Å². The number of rotatable bonds is 2. The van der Waals surface area contributed by atoms with E-state index < -0.39 is 0 Å². The molecule has 0 saturated carbocycles. The second-order valence-electron chi connectivity index (χ2n) is 5.20. The van der Waals surface area contributed by atoms with Gasteiger partial charge >= 0.3 is 0 Å². The van der Waals surface area contributed by atoms with Crippen molar-refractivity contribution in [3.05, 3.63) is 18.2 Å². The predicted octanol–water partition coefficient (Wildman–Crippen LogP) is 1.56. The van der Waals surface area contributed by atoms with Gasteiger partial charge in [0.15, 0.2) is 0 Å². The predicted molar refractivity (Wildman–Crippen MR) is 74.2 cm³/mol. The second-order valence-corrected chi connectivity index (χ2v) is 5.20. The van der Waals surface area contributed by atoms with Crippen molar-refractivity contribution in [1.29, 1.82) is 0 Å². The largest absolute Gasteiger partial charge is 0.495 e. The highest BCUT2D eigenvalue weighted by molar-refractivity contribution is 5.62. The van der Waals surface area contributed by atoms with Gasteiger partial charge in [-0.15, -0.1) is 0 Å². The molecule has 0 bridgehead atoms. The molecule has 2 heterocycles. The van der Waals surface area contributed by atoms with Crippen molar-refractivity contribution >= 4 is 11.4 Å². The number of hydrogen-bond donors (Lipinski definition) is 1. The number of benzene rings is 1. The minimum Gasteiger partial charge on any atom is -0.495 e. The molecule has 1 atom stereocenters. The summed E-state index contributed by atoms with van der Waals surface area (Å²) in [7, 11) is 1.67. The Morgan fingerprint density at radius 2 is 2.17 bits per heavy atom. The quantitative estimate of drug-likeness (QED) is 0.805. The molecule has 0 amide bonds. The van der Waals surface area contributed by atoms with E-state index in [2.05, 4.69) is 21.9 Å². The van der Waals surface area contributed by atoms with Crippen molar-refractivity contribution in [2.24, 2.45) is 0 Å². The molecule has 98 valence electrons. The molecule has 2 N–H and O–H groups in total. The minimum absolute atomic E-state index is 0.709. The van der Waals surface area contributed by atoms with Crippen LogP contribution in [0.1, 0.15) is 12.8 Å². The molecule has 4 nitrogen and oxygen atoms in total. The van der Waals surface area contributed by atoms with Gasteiger partial charge in [-0.3, -0.25) is 4.90 Å². The van der Waals surface area contributed by atoms with Gasteiger partial charge in [-0.1, -0.05) is 0 Å². The third-order valence-corrected chi connectivity index (χ3v) is 4.17. The van der Waals surface area contributed by atoms with Crippen molar-refractivity contribution in [3.8, 4) is 5.75 Å². The zero-order chi connectivity index (χ0) is 12.5. The van der Waals surface area contributed by atoms with E-state index in [-0.39, 0.29) is 0 Å². The highest BCUT2D eigenvalue weighted by atomic mass is 16.5. The summed E-state index contributed by atoms with van der Waals surface area (Å²) in [6.07, 6.45) is 2.69. The van der Waals surface area contributed by atoms with Crippen LogP contribution in [0, 0.1) is 0 Å². The first-order valence-electron chi connectivity index (χ1n) is 6.70. The summed E-state index contributed by atoms with van der Waals surface area (Å²) in [5.41, 5.74) is 7.80. The number of fused-ring (bicyclic) bond motifs is 1. The minimum atomic E-state index is 0.709. The molecule has 0 spiro atoms. The van der Waals surface area contributed by atoms with Crippen LogP contribution >= 0.6 is 0 Å². The number of hydrogen-bond acceptors (Lipinski definition) is 4. The van der Waals surface area contributed by atoms with Crippen molar-refractivity contribution < 1.29 is 4.74 Å². The highest BCUT2D eigenvalue weighted by Gasteiger charge is 2.30. The van der Waals surface area contributed by atoms with Crippen LogP contribution in [0.25, 0.3) is 0 Å². The van der Waals surface area contributed by atoms with Crippen LogP contribution in [-0.4, -0.2) is 44.2 Å². The number of methoxy groups -OCH3 is 1. The fraction of sp³-hybridized carbons (Fsp3) is 0.571. The van der Waals surface area contributed by atoms with Crippen molar-refractivity contribution in [2.45, 2.75) is 18.9 Å². The van der Waals surface area contributed by atoms with Gasteiger partial charge in [-0.05, 0) is 31.5 Å². The molecule has 2 aliphatic rings. The van der Waals surface area contributed by atoms with Crippen LogP contribution in [0.2, 0.25) is 0 Å². The molecule has 0 aromatic heterocycles. The van der Waals surface area contributed by atoms with E-state index >= 15 is 0 Å². The molecule has 0 radical (unpaired) electrons. The fourth-order valence-corrected chi connectivity index (χ4v) is 3.12. The summed E-state index contributed by atoms with van der Waals surface area (Å²) < 4.78 is 5.30. The van der Waals surface area contributed by atoms with Gasteiger partial charge in [-0.2, -0.15) is 0 Å². The first-order chi connectivity index (χ1) is 8.78. The average Bonchev–Trinajstić information content (AvgIpc) is 2.86. The summed E-state index contributed by atoms with van der Waals surface area (Å²) in [4.78, 5) is 5.07. The van der Waals surface area contributed by atoms with Crippen LogP contribution in [0.5, 0.6) is 5.75 Å². The average molecular weight is 247 g/mol. The number of nitrogens with zero attached hydrogens (tertiary/aromatic N) is 2. The standard InChI is InChI=1S/C14H21N3O/c1-18-14-9-11(4-5-13(14)15)17-8-7-16-6-2-3-12(16)10-17/h4-5,9,12H,2-3,6-8,10,15H2,1H3. The number of anilines is 2. The molecule has 2 aliphatic heterocycles. The van der Waals surface area contributed by atoms with Crippen LogP contribution < -0.4 is 15.4 Å². The van der Waals surface area contributed by atoms with Crippen LogP contribution in [0.4, 0.5) is 11.4 Å². The Kier molecular flexibility index (Phi) is 3.04. The number of nitrogens with two attached hydrogens (primary N) is 1. The van der Waals surface area contributed by atoms with Gasteiger partial charge in [0.25, 0.3) is 0 Å². The molecule has 2 fully saturated rings. The fourth-order valence-electron chi connectivity index (χ4n) is 3.12. The molecule has 1 aromatic carbocycles. The Balaban J connectivity index is 1.78. The molecule has 4 heteroatoms. The van der Waals surface area contributed by atoms with Gasteiger partial charge in [0.1, 0.15) is 5.75 Å². The number of piperazine rings is 1. The van der Waals surface area contributed by atoms with Gasteiger partial charge in [0, 0.05) is 37.4 Å². The summed E-state index contributed by atoms with van der Waals surface area (Å²) >= 11 is 0. The second kappa shape index (κ2) is 4.69. The maximum Gasteiger partial charge on any atom is 0.143 e.